The minimum Gasteiger partial charge on any atom is -0.497 e. The number of hydrogen-bond donors (Lipinski definition) is 2. The Kier molecular flexibility index (Phi) is 12.2. The van der Waals surface area contributed by atoms with Crippen molar-refractivity contribution in [2.45, 2.75) is 78.9 Å². The third kappa shape index (κ3) is 8.84. The van der Waals surface area contributed by atoms with E-state index < -0.39 is 5.60 Å². The van der Waals surface area contributed by atoms with E-state index in [0.29, 0.717) is 12.8 Å². The SMILES string of the molecule is C=C(/C=C\NC(C)=NC(C)c1ccccc1)/C(C)=C(/N=C(C)C(O)(CCC)CCC)c1ccc(OC)cc1. The molecule has 0 fully saturated rings. The van der Waals surface area contributed by atoms with Crippen molar-refractivity contribution in [2.24, 2.45) is 9.98 Å². The van der Waals surface area contributed by atoms with Crippen LogP contribution in [0.4, 0.5) is 0 Å². The molecule has 1 unspecified atom stereocenters. The van der Waals surface area contributed by atoms with Crippen LogP contribution in [0.1, 0.15) is 84.4 Å². The van der Waals surface area contributed by atoms with Crippen LogP contribution in [0.2, 0.25) is 0 Å². The van der Waals surface area contributed by atoms with E-state index in [2.05, 4.69) is 44.8 Å². The minimum atomic E-state index is -0.927. The normalized spacial score (nSPS) is 14.3. The highest BCUT2D eigenvalue weighted by Crippen LogP contribution is 2.30. The van der Waals surface area contributed by atoms with Gasteiger partial charge in [-0.15, -0.1) is 0 Å². The Labute approximate surface area is 229 Å². The molecule has 2 N–H and O–H groups in total. The van der Waals surface area contributed by atoms with Crippen molar-refractivity contribution in [3.63, 3.8) is 0 Å². The molecule has 0 radical (unpaired) electrons. The van der Waals surface area contributed by atoms with Gasteiger partial charge in [-0.25, -0.2) is 0 Å². The topological polar surface area (TPSA) is 66.2 Å². The highest BCUT2D eigenvalue weighted by Gasteiger charge is 2.29. The van der Waals surface area contributed by atoms with Gasteiger partial charge in [0.2, 0.25) is 0 Å². The molecule has 0 aliphatic carbocycles. The first-order chi connectivity index (χ1) is 18.1. The van der Waals surface area contributed by atoms with Crippen LogP contribution < -0.4 is 10.1 Å². The molecular formula is C33H45N3O2. The van der Waals surface area contributed by atoms with Gasteiger partial charge in [-0.2, -0.15) is 0 Å². The Morgan fingerprint density at radius 2 is 1.63 bits per heavy atom. The number of allylic oxidation sites excluding steroid dienone is 3. The average Bonchev–Trinajstić information content (AvgIpc) is 2.92. The number of rotatable bonds is 13. The molecule has 0 aromatic heterocycles. The van der Waals surface area contributed by atoms with Crippen molar-refractivity contribution < 1.29 is 9.84 Å². The maximum Gasteiger partial charge on any atom is 0.118 e. The van der Waals surface area contributed by atoms with Crippen LogP contribution in [0.3, 0.4) is 0 Å². The Morgan fingerprint density at radius 3 is 2.18 bits per heavy atom. The van der Waals surface area contributed by atoms with Crippen molar-refractivity contribution in [1.82, 2.24) is 5.32 Å². The summed E-state index contributed by atoms with van der Waals surface area (Å²) in [5.41, 5.74) is 4.43. The summed E-state index contributed by atoms with van der Waals surface area (Å²) < 4.78 is 5.35. The maximum absolute atomic E-state index is 11.4. The number of nitrogens with zero attached hydrogens (tertiary/aromatic N) is 2. The van der Waals surface area contributed by atoms with Gasteiger partial charge in [0.1, 0.15) is 11.4 Å². The summed E-state index contributed by atoms with van der Waals surface area (Å²) in [4.78, 5) is 9.76. The van der Waals surface area contributed by atoms with E-state index in [0.717, 1.165) is 52.5 Å². The third-order valence-electron chi connectivity index (χ3n) is 6.73. The van der Waals surface area contributed by atoms with E-state index in [9.17, 15) is 5.11 Å². The van der Waals surface area contributed by atoms with E-state index in [-0.39, 0.29) is 6.04 Å². The molecule has 2 aromatic carbocycles. The molecule has 5 nitrogen and oxygen atoms in total. The number of benzene rings is 2. The van der Waals surface area contributed by atoms with Gasteiger partial charge in [-0.05, 0) is 87.6 Å². The molecule has 0 amide bonds. The molecule has 0 aliphatic rings. The molecule has 204 valence electrons. The number of aliphatic hydroxyl groups is 1. The van der Waals surface area contributed by atoms with Crippen LogP contribution in [0.15, 0.2) is 94.6 Å². The fourth-order valence-electron chi connectivity index (χ4n) is 4.37. The zero-order chi connectivity index (χ0) is 28.1. The summed E-state index contributed by atoms with van der Waals surface area (Å²) in [6.07, 6.45) is 6.91. The minimum absolute atomic E-state index is 0.0610. The lowest BCUT2D eigenvalue weighted by Gasteiger charge is -2.28. The van der Waals surface area contributed by atoms with Gasteiger partial charge in [-0.1, -0.05) is 63.6 Å². The predicted octanol–water partition coefficient (Wildman–Crippen LogP) is 8.06. The lowest BCUT2D eigenvalue weighted by molar-refractivity contribution is 0.0904. The molecular weight excluding hydrogens is 470 g/mol. The van der Waals surface area contributed by atoms with Crippen molar-refractivity contribution in [1.29, 1.82) is 0 Å². The summed E-state index contributed by atoms with van der Waals surface area (Å²) in [6, 6.07) is 18.1. The average molecular weight is 516 g/mol. The van der Waals surface area contributed by atoms with Crippen LogP contribution in [-0.4, -0.2) is 29.4 Å². The lowest BCUT2D eigenvalue weighted by atomic mass is 9.88. The highest BCUT2D eigenvalue weighted by molar-refractivity contribution is 5.95. The van der Waals surface area contributed by atoms with E-state index in [1.165, 1.54) is 5.56 Å². The number of aliphatic imine (C=N–C) groups is 2. The third-order valence-corrected chi connectivity index (χ3v) is 6.73. The Hall–Kier alpha value is -3.44. The largest absolute Gasteiger partial charge is 0.497 e. The molecule has 0 saturated carbocycles. The predicted molar refractivity (Wildman–Crippen MR) is 163 cm³/mol. The number of amidine groups is 1. The van der Waals surface area contributed by atoms with Crippen LogP contribution >= 0.6 is 0 Å². The monoisotopic (exact) mass is 515 g/mol. The second kappa shape index (κ2) is 15.1. The number of ether oxygens (including phenoxy) is 1. The van der Waals surface area contributed by atoms with Crippen molar-refractivity contribution in [3.05, 3.63) is 95.7 Å². The van der Waals surface area contributed by atoms with Crippen LogP contribution in [-0.2, 0) is 0 Å². The molecule has 2 rings (SSSR count). The number of nitrogens with one attached hydrogen (secondary N) is 1. The number of methoxy groups -OCH3 is 1. The van der Waals surface area contributed by atoms with Crippen LogP contribution in [0.5, 0.6) is 5.75 Å². The van der Waals surface area contributed by atoms with Crippen LogP contribution in [0, 0.1) is 0 Å². The zero-order valence-corrected chi connectivity index (χ0v) is 24.2. The lowest BCUT2D eigenvalue weighted by Crippen LogP contribution is -2.36. The molecule has 0 bridgehead atoms. The van der Waals surface area contributed by atoms with E-state index in [1.54, 1.807) is 7.11 Å². The van der Waals surface area contributed by atoms with Crippen LogP contribution in [0.25, 0.3) is 5.70 Å². The maximum atomic E-state index is 11.4. The first-order valence-electron chi connectivity index (χ1n) is 13.5. The van der Waals surface area contributed by atoms with E-state index >= 15 is 0 Å². The smallest absolute Gasteiger partial charge is 0.118 e. The Bertz CT molecular complexity index is 1150. The molecule has 0 saturated heterocycles. The summed E-state index contributed by atoms with van der Waals surface area (Å²) in [6.45, 7) is 16.4. The van der Waals surface area contributed by atoms with Gasteiger partial charge < -0.3 is 15.2 Å². The molecule has 1 atom stereocenters. The second-order valence-electron chi connectivity index (χ2n) is 9.73. The fourth-order valence-corrected chi connectivity index (χ4v) is 4.37. The summed E-state index contributed by atoms with van der Waals surface area (Å²) >= 11 is 0. The second-order valence-corrected chi connectivity index (χ2v) is 9.73. The van der Waals surface area contributed by atoms with Gasteiger partial charge in [-0.3, -0.25) is 9.98 Å². The molecule has 2 aromatic rings. The van der Waals surface area contributed by atoms with Crippen molar-refractivity contribution in [2.75, 3.05) is 7.11 Å². The summed E-state index contributed by atoms with van der Waals surface area (Å²) in [7, 11) is 1.65. The van der Waals surface area contributed by atoms with Gasteiger partial charge in [0, 0.05) is 17.5 Å². The first-order valence-corrected chi connectivity index (χ1v) is 13.5. The van der Waals surface area contributed by atoms with Crippen molar-refractivity contribution >= 4 is 17.2 Å². The highest BCUT2D eigenvalue weighted by atomic mass is 16.5. The van der Waals surface area contributed by atoms with E-state index in [1.807, 2.05) is 75.5 Å². The number of hydrogen-bond acceptors (Lipinski definition) is 4. The Morgan fingerprint density at radius 1 is 1.03 bits per heavy atom. The van der Waals surface area contributed by atoms with Gasteiger partial charge in [0.25, 0.3) is 0 Å². The van der Waals surface area contributed by atoms with Crippen molar-refractivity contribution in [3.8, 4) is 5.75 Å². The Balaban J connectivity index is 2.36. The molecule has 38 heavy (non-hydrogen) atoms. The summed E-state index contributed by atoms with van der Waals surface area (Å²) in [5, 5.41) is 14.7. The molecule has 0 heterocycles. The van der Waals surface area contributed by atoms with Gasteiger partial charge >= 0.3 is 0 Å². The molecule has 0 spiro atoms. The first kappa shape index (κ1) is 30.8. The zero-order valence-electron chi connectivity index (χ0n) is 24.2. The van der Waals surface area contributed by atoms with Gasteiger partial charge in [0.15, 0.2) is 0 Å². The molecule has 5 heteroatoms. The van der Waals surface area contributed by atoms with Gasteiger partial charge in [0.05, 0.1) is 24.7 Å². The fraction of sp³-hybridized carbons (Fsp3) is 0.394. The summed E-state index contributed by atoms with van der Waals surface area (Å²) in [5.74, 6) is 1.60. The van der Waals surface area contributed by atoms with E-state index in [4.69, 9.17) is 14.7 Å². The molecule has 0 aliphatic heterocycles. The standard InChI is InChI=1S/C33H45N3O2/c1-9-21-33(37,22-10-2)27(6)36-32(30-16-18-31(38-8)19-17-30)25(4)24(3)20-23-34-28(7)35-26(5)29-14-12-11-13-15-29/h11-20,23,26,37H,3,9-10,21-22H2,1-2,4-8H3,(H,34,35)/b23-20-,32-25+,36-27?. The quantitative estimate of drug-likeness (QED) is 0.161.